The molecule has 1 atom stereocenters. The lowest BCUT2D eigenvalue weighted by atomic mass is 10.1. The molecular weight excluding hydrogens is 226 g/mol. The van der Waals surface area contributed by atoms with Crippen molar-refractivity contribution in [3.63, 3.8) is 0 Å². The van der Waals surface area contributed by atoms with Crippen LogP contribution in [-0.2, 0) is 11.2 Å². The number of aryl methyl sites for hydroxylation is 1. The lowest BCUT2D eigenvalue weighted by molar-refractivity contribution is -0.110. The summed E-state index contributed by atoms with van der Waals surface area (Å²) in [4.78, 5) is 10.3. The van der Waals surface area contributed by atoms with Gasteiger partial charge in [-0.3, -0.25) is 4.79 Å². The van der Waals surface area contributed by atoms with Gasteiger partial charge in [0.2, 0.25) is 6.41 Å². The van der Waals surface area contributed by atoms with Crippen molar-refractivity contribution in [1.29, 1.82) is 0 Å². The van der Waals surface area contributed by atoms with Gasteiger partial charge in [0, 0.05) is 6.04 Å². The van der Waals surface area contributed by atoms with Gasteiger partial charge in [-0.25, -0.2) is 0 Å². The highest BCUT2D eigenvalue weighted by Crippen LogP contribution is 2.19. The number of rotatable bonds is 6. The number of amides is 1. The lowest BCUT2D eigenvalue weighted by Gasteiger charge is -2.21. The van der Waals surface area contributed by atoms with E-state index >= 15 is 0 Å². The van der Waals surface area contributed by atoms with Crippen molar-refractivity contribution in [3.8, 4) is 5.75 Å². The summed E-state index contributed by atoms with van der Waals surface area (Å²) in [6, 6.07) is 8.37. The van der Waals surface area contributed by atoms with Crippen molar-refractivity contribution in [2.75, 3.05) is 0 Å². The number of ether oxygens (including phenoxy) is 1. The van der Waals surface area contributed by atoms with Crippen LogP contribution in [0.1, 0.15) is 39.7 Å². The normalized spacial score (nSPS) is 12.9. The van der Waals surface area contributed by atoms with Crippen molar-refractivity contribution in [2.45, 2.75) is 52.2 Å². The van der Waals surface area contributed by atoms with Crippen LogP contribution in [0.15, 0.2) is 24.3 Å². The zero-order valence-electron chi connectivity index (χ0n) is 11.7. The molecule has 3 heteroatoms. The Labute approximate surface area is 110 Å². The molecule has 0 aliphatic heterocycles. The van der Waals surface area contributed by atoms with E-state index in [9.17, 15) is 4.79 Å². The third-order valence-electron chi connectivity index (χ3n) is 2.57. The summed E-state index contributed by atoms with van der Waals surface area (Å²) in [5.41, 5.74) is 1.10. The summed E-state index contributed by atoms with van der Waals surface area (Å²) in [7, 11) is 0. The summed E-state index contributed by atoms with van der Waals surface area (Å²) < 4.78 is 5.76. The van der Waals surface area contributed by atoms with Gasteiger partial charge in [-0.05, 0) is 58.2 Å². The average Bonchev–Trinajstić information content (AvgIpc) is 2.26. The molecule has 1 rings (SSSR count). The average molecular weight is 249 g/mol. The van der Waals surface area contributed by atoms with Gasteiger partial charge in [0.15, 0.2) is 0 Å². The fraction of sp³-hybridized carbons (Fsp3) is 0.533. The topological polar surface area (TPSA) is 38.3 Å². The monoisotopic (exact) mass is 249 g/mol. The van der Waals surface area contributed by atoms with E-state index in [1.165, 1.54) is 5.56 Å². The molecule has 0 saturated heterocycles. The molecule has 0 bridgehead atoms. The van der Waals surface area contributed by atoms with Crippen molar-refractivity contribution in [2.24, 2.45) is 0 Å². The molecule has 0 heterocycles. The van der Waals surface area contributed by atoms with Gasteiger partial charge in [-0.1, -0.05) is 12.1 Å². The van der Waals surface area contributed by atoms with E-state index < -0.39 is 0 Å². The number of carbonyl (C=O) groups is 1. The molecular formula is C15H23NO2. The second kappa shape index (κ2) is 6.43. The Morgan fingerprint density at radius 2 is 1.89 bits per heavy atom. The SMILES string of the molecule is CC(CCc1ccc(OC(C)(C)C)cc1)NC=O. The molecule has 1 aromatic carbocycles. The minimum Gasteiger partial charge on any atom is -0.488 e. The first-order chi connectivity index (χ1) is 8.40. The van der Waals surface area contributed by atoms with Gasteiger partial charge in [-0.15, -0.1) is 0 Å². The molecule has 0 aromatic heterocycles. The van der Waals surface area contributed by atoms with Crippen molar-refractivity contribution in [1.82, 2.24) is 5.32 Å². The maximum atomic E-state index is 10.3. The van der Waals surface area contributed by atoms with Crippen molar-refractivity contribution < 1.29 is 9.53 Å². The van der Waals surface area contributed by atoms with Gasteiger partial charge in [0.05, 0.1) is 0 Å². The molecule has 3 nitrogen and oxygen atoms in total. The number of hydrogen-bond acceptors (Lipinski definition) is 2. The van der Waals surface area contributed by atoms with Crippen LogP contribution >= 0.6 is 0 Å². The Balaban J connectivity index is 2.48. The first-order valence-electron chi connectivity index (χ1n) is 6.38. The van der Waals surface area contributed by atoms with E-state index in [0.29, 0.717) is 0 Å². The summed E-state index contributed by atoms with van der Waals surface area (Å²) in [5, 5.41) is 2.75. The first kappa shape index (κ1) is 14.6. The first-order valence-corrected chi connectivity index (χ1v) is 6.38. The highest BCUT2D eigenvalue weighted by Gasteiger charge is 2.11. The Morgan fingerprint density at radius 1 is 1.28 bits per heavy atom. The third-order valence-corrected chi connectivity index (χ3v) is 2.57. The van der Waals surface area contributed by atoms with Gasteiger partial charge in [0.25, 0.3) is 0 Å². The minimum absolute atomic E-state index is 0.163. The standard InChI is InChI=1S/C15H23NO2/c1-12(16-11-17)5-6-13-7-9-14(10-8-13)18-15(2,3)4/h7-12H,5-6H2,1-4H3,(H,16,17). The Hall–Kier alpha value is -1.51. The van der Waals surface area contributed by atoms with E-state index in [2.05, 4.69) is 17.4 Å². The number of benzene rings is 1. The van der Waals surface area contributed by atoms with E-state index in [1.807, 2.05) is 39.8 Å². The zero-order chi connectivity index (χ0) is 13.6. The largest absolute Gasteiger partial charge is 0.488 e. The smallest absolute Gasteiger partial charge is 0.207 e. The summed E-state index contributed by atoms with van der Waals surface area (Å²) >= 11 is 0. The molecule has 100 valence electrons. The molecule has 0 spiro atoms. The van der Waals surface area contributed by atoms with Crippen molar-refractivity contribution >= 4 is 6.41 Å². The van der Waals surface area contributed by atoms with E-state index in [1.54, 1.807) is 0 Å². The summed E-state index contributed by atoms with van der Waals surface area (Å²) in [6.45, 7) is 8.11. The number of carbonyl (C=O) groups excluding carboxylic acids is 1. The fourth-order valence-corrected chi connectivity index (χ4v) is 1.66. The molecule has 1 N–H and O–H groups in total. The van der Waals surface area contributed by atoms with Gasteiger partial charge in [0.1, 0.15) is 11.4 Å². The van der Waals surface area contributed by atoms with E-state index in [-0.39, 0.29) is 11.6 Å². The predicted octanol–water partition coefficient (Wildman–Crippen LogP) is 2.93. The summed E-state index contributed by atoms with van der Waals surface area (Å²) in [5.74, 6) is 0.894. The molecule has 1 amide bonds. The van der Waals surface area contributed by atoms with Gasteiger partial charge in [-0.2, -0.15) is 0 Å². The highest BCUT2D eigenvalue weighted by atomic mass is 16.5. The second-order valence-corrected chi connectivity index (χ2v) is 5.58. The van der Waals surface area contributed by atoms with Crippen LogP contribution in [0.5, 0.6) is 5.75 Å². The Kier molecular flexibility index (Phi) is 5.20. The molecule has 0 saturated carbocycles. The number of hydrogen-bond donors (Lipinski definition) is 1. The predicted molar refractivity (Wildman–Crippen MR) is 73.8 cm³/mol. The zero-order valence-corrected chi connectivity index (χ0v) is 11.7. The number of nitrogens with one attached hydrogen (secondary N) is 1. The van der Waals surface area contributed by atoms with Crippen LogP contribution in [0.3, 0.4) is 0 Å². The van der Waals surface area contributed by atoms with Crippen molar-refractivity contribution in [3.05, 3.63) is 29.8 Å². The van der Waals surface area contributed by atoms with Gasteiger partial charge < -0.3 is 10.1 Å². The summed E-state index contributed by atoms with van der Waals surface area (Å²) in [6.07, 6.45) is 2.65. The molecule has 0 fully saturated rings. The van der Waals surface area contributed by atoms with E-state index in [4.69, 9.17) is 4.74 Å². The fourth-order valence-electron chi connectivity index (χ4n) is 1.66. The minimum atomic E-state index is -0.163. The second-order valence-electron chi connectivity index (χ2n) is 5.58. The molecule has 0 radical (unpaired) electrons. The highest BCUT2D eigenvalue weighted by molar-refractivity contribution is 5.46. The maximum Gasteiger partial charge on any atom is 0.207 e. The van der Waals surface area contributed by atoms with E-state index in [0.717, 1.165) is 25.0 Å². The third kappa shape index (κ3) is 5.71. The molecule has 0 aliphatic rings. The van der Waals surface area contributed by atoms with Crippen LogP contribution < -0.4 is 10.1 Å². The Morgan fingerprint density at radius 3 is 2.39 bits per heavy atom. The van der Waals surface area contributed by atoms with Crippen LogP contribution in [0.25, 0.3) is 0 Å². The van der Waals surface area contributed by atoms with Crippen LogP contribution in [-0.4, -0.2) is 18.1 Å². The lowest BCUT2D eigenvalue weighted by Crippen LogP contribution is -2.24. The maximum absolute atomic E-state index is 10.3. The van der Waals surface area contributed by atoms with Crippen LogP contribution in [0, 0.1) is 0 Å². The molecule has 0 aliphatic carbocycles. The quantitative estimate of drug-likeness (QED) is 0.787. The molecule has 18 heavy (non-hydrogen) atoms. The van der Waals surface area contributed by atoms with Crippen LogP contribution in [0.2, 0.25) is 0 Å². The van der Waals surface area contributed by atoms with Crippen LogP contribution in [0.4, 0.5) is 0 Å². The Bertz CT molecular complexity index is 365. The molecule has 1 aromatic rings. The van der Waals surface area contributed by atoms with Gasteiger partial charge >= 0.3 is 0 Å². The molecule has 1 unspecified atom stereocenters.